The van der Waals surface area contributed by atoms with Crippen LogP contribution >= 0.6 is 0 Å². The molecule has 0 atom stereocenters. The number of rotatable bonds is 3. The third-order valence-electron chi connectivity index (χ3n) is 3.26. The summed E-state index contributed by atoms with van der Waals surface area (Å²) in [5, 5.41) is 0. The van der Waals surface area contributed by atoms with Gasteiger partial charge in [0.15, 0.2) is 0 Å². The van der Waals surface area contributed by atoms with E-state index in [1.165, 1.54) is 0 Å². The van der Waals surface area contributed by atoms with E-state index in [9.17, 15) is 8.42 Å². The van der Waals surface area contributed by atoms with Crippen LogP contribution in [0.3, 0.4) is 0 Å². The third kappa shape index (κ3) is 4.63. The van der Waals surface area contributed by atoms with Gasteiger partial charge in [-0.25, -0.2) is 8.42 Å². The first-order valence-corrected chi connectivity index (χ1v) is 8.85. The lowest BCUT2D eigenvalue weighted by molar-refractivity contribution is 0.398. The Morgan fingerprint density at radius 1 is 1.00 bits per heavy atom. The second-order valence-corrected chi connectivity index (χ2v) is 9.23. The third-order valence-corrected chi connectivity index (χ3v) is 3.85. The average molecular weight is 313 g/mol. The molecule has 0 saturated carbocycles. The molecule has 0 fully saturated rings. The van der Waals surface area contributed by atoms with E-state index in [0.717, 1.165) is 17.4 Å². The van der Waals surface area contributed by atoms with Gasteiger partial charge in [0.05, 0.1) is 19.1 Å². The predicted molar refractivity (Wildman–Crippen MR) is 88.9 cm³/mol. The first kappa shape index (κ1) is 17.8. The van der Waals surface area contributed by atoms with Crippen molar-refractivity contribution in [1.82, 2.24) is 0 Å². The molecule has 1 aromatic carbocycles. The highest BCUT2D eigenvalue weighted by atomic mass is 32.2. The molecule has 120 valence electrons. The molecule has 1 N–H and O–H groups in total. The summed E-state index contributed by atoms with van der Waals surface area (Å²) in [6, 6.07) is 3.96. The normalized spacial score (nSPS) is 13.1. The Kier molecular flexibility index (Phi) is 4.68. The van der Waals surface area contributed by atoms with Crippen molar-refractivity contribution in [3.8, 4) is 5.75 Å². The van der Waals surface area contributed by atoms with Gasteiger partial charge in [-0.1, -0.05) is 47.6 Å². The van der Waals surface area contributed by atoms with Gasteiger partial charge in [-0.2, -0.15) is 0 Å². The molecule has 0 aliphatic heterocycles. The van der Waals surface area contributed by atoms with Gasteiger partial charge < -0.3 is 4.74 Å². The van der Waals surface area contributed by atoms with Crippen LogP contribution in [0, 0.1) is 0 Å². The van der Waals surface area contributed by atoms with Crippen LogP contribution in [0.25, 0.3) is 0 Å². The number of sulfonamides is 1. The molecule has 0 aliphatic rings. The van der Waals surface area contributed by atoms with Crippen LogP contribution in [-0.2, 0) is 20.9 Å². The molecule has 0 aromatic heterocycles. The van der Waals surface area contributed by atoms with E-state index in [1.807, 2.05) is 6.07 Å². The predicted octanol–water partition coefficient (Wildman–Crippen LogP) is 3.66. The Balaban J connectivity index is 3.68. The van der Waals surface area contributed by atoms with E-state index in [4.69, 9.17) is 4.74 Å². The maximum Gasteiger partial charge on any atom is 0.229 e. The first-order chi connectivity index (χ1) is 9.25. The number of hydrogen-bond donors (Lipinski definition) is 1. The molecule has 0 amide bonds. The van der Waals surface area contributed by atoms with Crippen LogP contribution in [-0.4, -0.2) is 21.8 Å². The standard InChI is InChI=1S/C16H27NO3S/c1-15(2,3)11-9-12(16(4,5)6)14(20-7)13(10-11)17-21(8,18)19/h9-10,17H,1-8H3. The van der Waals surface area contributed by atoms with E-state index in [2.05, 4.69) is 52.3 Å². The number of hydrogen-bond acceptors (Lipinski definition) is 3. The monoisotopic (exact) mass is 313 g/mol. The zero-order chi connectivity index (χ0) is 16.6. The fraction of sp³-hybridized carbons (Fsp3) is 0.625. The molecule has 1 rings (SSSR count). The fourth-order valence-electron chi connectivity index (χ4n) is 2.11. The minimum Gasteiger partial charge on any atom is -0.494 e. The highest BCUT2D eigenvalue weighted by molar-refractivity contribution is 7.92. The minimum atomic E-state index is -3.36. The van der Waals surface area contributed by atoms with Crippen molar-refractivity contribution in [2.45, 2.75) is 52.4 Å². The zero-order valence-electron chi connectivity index (χ0n) is 14.3. The number of anilines is 1. The molecule has 21 heavy (non-hydrogen) atoms. The Hall–Kier alpha value is -1.23. The molecule has 0 spiro atoms. The van der Waals surface area contributed by atoms with Crippen molar-refractivity contribution in [1.29, 1.82) is 0 Å². The van der Waals surface area contributed by atoms with E-state index in [-0.39, 0.29) is 10.8 Å². The van der Waals surface area contributed by atoms with Crippen LogP contribution in [0.2, 0.25) is 0 Å². The van der Waals surface area contributed by atoms with E-state index >= 15 is 0 Å². The summed E-state index contributed by atoms with van der Waals surface area (Å²) in [7, 11) is -1.80. The van der Waals surface area contributed by atoms with Gasteiger partial charge >= 0.3 is 0 Å². The van der Waals surface area contributed by atoms with Crippen LogP contribution in [0.5, 0.6) is 5.75 Å². The van der Waals surface area contributed by atoms with Gasteiger partial charge in [0.2, 0.25) is 10.0 Å². The fourth-order valence-corrected chi connectivity index (χ4v) is 2.67. The van der Waals surface area contributed by atoms with Crippen LogP contribution in [0.1, 0.15) is 52.7 Å². The van der Waals surface area contributed by atoms with E-state index < -0.39 is 10.0 Å². The summed E-state index contributed by atoms with van der Waals surface area (Å²) in [4.78, 5) is 0. The van der Waals surface area contributed by atoms with Crippen LogP contribution in [0.4, 0.5) is 5.69 Å². The lowest BCUT2D eigenvalue weighted by Gasteiger charge is -2.28. The molecular formula is C16H27NO3S. The van der Waals surface area contributed by atoms with Crippen molar-refractivity contribution >= 4 is 15.7 Å². The lowest BCUT2D eigenvalue weighted by Crippen LogP contribution is -2.20. The van der Waals surface area contributed by atoms with Gasteiger partial charge in [0, 0.05) is 5.56 Å². The molecule has 0 bridgehead atoms. The quantitative estimate of drug-likeness (QED) is 0.926. The SMILES string of the molecule is COc1c(NS(C)(=O)=O)cc(C(C)(C)C)cc1C(C)(C)C. The summed E-state index contributed by atoms with van der Waals surface area (Å²) < 4.78 is 31.3. The van der Waals surface area contributed by atoms with Crippen molar-refractivity contribution < 1.29 is 13.2 Å². The maximum absolute atomic E-state index is 11.6. The van der Waals surface area contributed by atoms with Crippen molar-refractivity contribution in [2.75, 3.05) is 18.1 Å². The smallest absolute Gasteiger partial charge is 0.229 e. The summed E-state index contributed by atoms with van der Waals surface area (Å²) in [6.45, 7) is 12.6. The molecule has 0 saturated heterocycles. The maximum atomic E-state index is 11.6. The Bertz CT molecular complexity index is 620. The highest BCUT2D eigenvalue weighted by Gasteiger charge is 2.26. The molecule has 1 aromatic rings. The minimum absolute atomic E-state index is 0.0831. The molecule has 0 aliphatic carbocycles. The molecule has 5 heteroatoms. The average Bonchev–Trinajstić information content (AvgIpc) is 2.23. The Labute approximate surface area is 129 Å². The van der Waals surface area contributed by atoms with Gasteiger partial charge in [-0.3, -0.25) is 4.72 Å². The summed E-state index contributed by atoms with van der Waals surface area (Å²) in [5.41, 5.74) is 2.32. The molecule has 4 nitrogen and oxygen atoms in total. The largest absolute Gasteiger partial charge is 0.494 e. The van der Waals surface area contributed by atoms with E-state index in [1.54, 1.807) is 7.11 Å². The number of methoxy groups -OCH3 is 1. The van der Waals surface area contributed by atoms with E-state index in [0.29, 0.717) is 11.4 Å². The topological polar surface area (TPSA) is 55.4 Å². The van der Waals surface area contributed by atoms with Gasteiger partial charge in [-0.05, 0) is 22.5 Å². The van der Waals surface area contributed by atoms with Gasteiger partial charge in [-0.15, -0.1) is 0 Å². The second-order valence-electron chi connectivity index (χ2n) is 7.48. The molecule has 0 unspecified atom stereocenters. The van der Waals surface area contributed by atoms with Crippen LogP contribution in [0.15, 0.2) is 12.1 Å². The Morgan fingerprint density at radius 2 is 1.52 bits per heavy atom. The molecular weight excluding hydrogens is 286 g/mol. The van der Waals surface area contributed by atoms with Crippen molar-refractivity contribution in [2.24, 2.45) is 0 Å². The zero-order valence-corrected chi connectivity index (χ0v) is 15.1. The van der Waals surface area contributed by atoms with Gasteiger partial charge in [0.1, 0.15) is 5.75 Å². The summed E-state index contributed by atoms with van der Waals surface area (Å²) in [5.74, 6) is 0.584. The summed E-state index contributed by atoms with van der Waals surface area (Å²) in [6.07, 6.45) is 1.15. The first-order valence-electron chi connectivity index (χ1n) is 6.96. The van der Waals surface area contributed by atoms with Crippen molar-refractivity contribution in [3.05, 3.63) is 23.3 Å². The highest BCUT2D eigenvalue weighted by Crippen LogP contribution is 2.41. The Morgan fingerprint density at radius 3 is 1.86 bits per heavy atom. The number of benzene rings is 1. The molecule has 0 heterocycles. The lowest BCUT2D eigenvalue weighted by atomic mass is 9.80. The summed E-state index contributed by atoms with van der Waals surface area (Å²) >= 11 is 0. The number of nitrogens with one attached hydrogen (secondary N) is 1. The number of ether oxygens (including phenoxy) is 1. The van der Waals surface area contributed by atoms with Crippen LogP contribution < -0.4 is 9.46 Å². The molecule has 0 radical (unpaired) electrons. The van der Waals surface area contributed by atoms with Crippen molar-refractivity contribution in [3.63, 3.8) is 0 Å². The second kappa shape index (κ2) is 5.52. The van der Waals surface area contributed by atoms with Gasteiger partial charge in [0.25, 0.3) is 0 Å².